The molecule has 0 saturated carbocycles. The summed E-state index contributed by atoms with van der Waals surface area (Å²) in [5.74, 6) is -1.35. The van der Waals surface area contributed by atoms with Crippen molar-refractivity contribution in [3.05, 3.63) is 99.2 Å². The Balaban J connectivity index is 1.54. The Bertz CT molecular complexity index is 1370. The summed E-state index contributed by atoms with van der Waals surface area (Å²) in [6, 6.07) is 19.4. The summed E-state index contributed by atoms with van der Waals surface area (Å²) in [6.07, 6.45) is 0. The Hall–Kier alpha value is -3.61. The lowest BCUT2D eigenvalue weighted by atomic mass is 10.1. The number of carbonyl (C=O) groups is 3. The van der Waals surface area contributed by atoms with Crippen LogP contribution in [0.4, 0.5) is 17.1 Å². The van der Waals surface area contributed by atoms with Crippen LogP contribution in [0.1, 0.15) is 28.4 Å². The maximum Gasteiger partial charge on any atom is 0.283 e. The second-order valence-corrected chi connectivity index (χ2v) is 8.97. The van der Waals surface area contributed by atoms with Crippen LogP contribution in [0, 0.1) is 13.8 Å². The first kappa shape index (κ1) is 24.5. The highest BCUT2D eigenvalue weighted by atomic mass is 35.5. The Morgan fingerprint density at radius 2 is 1.66 bits per heavy atom. The number of imide groups is 1. The molecule has 1 aliphatic heterocycles. The number of anilines is 3. The van der Waals surface area contributed by atoms with Crippen molar-refractivity contribution in [3.63, 3.8) is 0 Å². The van der Waals surface area contributed by atoms with Gasteiger partial charge in [0, 0.05) is 28.5 Å². The average Bonchev–Trinajstić information content (AvgIpc) is 3.04. The van der Waals surface area contributed by atoms with E-state index in [0.29, 0.717) is 34.1 Å². The van der Waals surface area contributed by atoms with Crippen LogP contribution >= 0.6 is 23.2 Å². The van der Waals surface area contributed by atoms with E-state index in [2.05, 4.69) is 5.32 Å². The number of nitrogens with one attached hydrogen (secondary N) is 1. The molecule has 0 atom stereocenters. The molecule has 6 nitrogen and oxygen atoms in total. The molecule has 1 N–H and O–H groups in total. The molecule has 0 radical (unpaired) electrons. The van der Waals surface area contributed by atoms with Crippen LogP contribution in [0.25, 0.3) is 0 Å². The van der Waals surface area contributed by atoms with Gasteiger partial charge in [0.15, 0.2) is 0 Å². The zero-order valence-corrected chi connectivity index (χ0v) is 20.9. The fourth-order valence-corrected chi connectivity index (χ4v) is 4.27. The van der Waals surface area contributed by atoms with Gasteiger partial charge >= 0.3 is 0 Å². The van der Waals surface area contributed by atoms with Gasteiger partial charge in [-0.15, -0.1) is 0 Å². The predicted molar refractivity (Wildman–Crippen MR) is 140 cm³/mol. The van der Waals surface area contributed by atoms with Crippen molar-refractivity contribution in [2.45, 2.75) is 20.8 Å². The number of hydrogen-bond donors (Lipinski definition) is 1. The molecule has 3 aromatic rings. The van der Waals surface area contributed by atoms with Gasteiger partial charge in [-0.25, -0.2) is 4.90 Å². The van der Waals surface area contributed by atoms with Gasteiger partial charge in [-0.05, 0) is 80.4 Å². The Morgan fingerprint density at radius 3 is 2.31 bits per heavy atom. The van der Waals surface area contributed by atoms with Gasteiger partial charge in [0.1, 0.15) is 10.7 Å². The molecule has 8 heteroatoms. The summed E-state index contributed by atoms with van der Waals surface area (Å²) in [5.41, 5.74) is 3.94. The summed E-state index contributed by atoms with van der Waals surface area (Å²) < 4.78 is 0. The van der Waals surface area contributed by atoms with E-state index in [9.17, 15) is 14.4 Å². The molecule has 0 fully saturated rings. The summed E-state index contributed by atoms with van der Waals surface area (Å²) in [5, 5.41) is 3.11. The monoisotopic (exact) mass is 507 g/mol. The van der Waals surface area contributed by atoms with E-state index in [-0.39, 0.29) is 16.6 Å². The van der Waals surface area contributed by atoms with Gasteiger partial charge < -0.3 is 10.2 Å². The average molecular weight is 508 g/mol. The van der Waals surface area contributed by atoms with Crippen molar-refractivity contribution in [3.8, 4) is 0 Å². The van der Waals surface area contributed by atoms with Crippen molar-refractivity contribution in [1.82, 2.24) is 0 Å². The molecule has 0 spiro atoms. The highest BCUT2D eigenvalue weighted by molar-refractivity contribution is 6.53. The Labute approximate surface area is 213 Å². The first-order chi connectivity index (χ1) is 16.7. The largest absolute Gasteiger partial charge is 0.350 e. The van der Waals surface area contributed by atoms with Crippen LogP contribution in [-0.2, 0) is 9.59 Å². The summed E-state index contributed by atoms with van der Waals surface area (Å²) in [7, 11) is 0. The van der Waals surface area contributed by atoms with Gasteiger partial charge in [-0.3, -0.25) is 14.4 Å². The van der Waals surface area contributed by atoms with Crippen LogP contribution in [0.3, 0.4) is 0 Å². The number of hydrogen-bond acceptors (Lipinski definition) is 4. The van der Waals surface area contributed by atoms with Crippen LogP contribution in [0.2, 0.25) is 5.02 Å². The maximum atomic E-state index is 13.1. The van der Waals surface area contributed by atoms with Gasteiger partial charge in [0.05, 0.1) is 5.69 Å². The second kappa shape index (κ2) is 9.94. The number of nitrogens with zero attached hydrogens (tertiary/aromatic N) is 2. The van der Waals surface area contributed by atoms with E-state index < -0.39 is 11.8 Å². The molecule has 0 saturated heterocycles. The standard InChI is InChI=1S/C27H23Cl2N3O3/c1-4-31(21-7-5-6-16(2)14-21)25(33)18-9-12-20(13-10-18)30-24-23(29)26(34)32(27(24)35)22-15-19(28)11-8-17(22)3/h5-15,30H,4H2,1-3H3. The zero-order valence-electron chi connectivity index (χ0n) is 19.4. The summed E-state index contributed by atoms with van der Waals surface area (Å²) in [6.45, 7) is 6.19. The SMILES string of the molecule is CCN(C(=O)c1ccc(NC2=C(Cl)C(=O)N(c3cc(Cl)ccc3C)C2=O)cc1)c1cccc(C)c1. The van der Waals surface area contributed by atoms with Gasteiger partial charge in [-0.1, -0.05) is 41.4 Å². The van der Waals surface area contributed by atoms with Crippen LogP contribution in [-0.4, -0.2) is 24.3 Å². The zero-order chi connectivity index (χ0) is 25.3. The summed E-state index contributed by atoms with van der Waals surface area (Å²) in [4.78, 5) is 41.7. The molecule has 1 aliphatic rings. The molecule has 3 amide bonds. The minimum atomic E-state index is -0.631. The van der Waals surface area contributed by atoms with E-state index in [1.807, 2.05) is 38.1 Å². The molecule has 3 aromatic carbocycles. The molecule has 0 aromatic heterocycles. The lowest BCUT2D eigenvalue weighted by Gasteiger charge is -2.22. The van der Waals surface area contributed by atoms with Gasteiger partial charge in [-0.2, -0.15) is 0 Å². The van der Waals surface area contributed by atoms with E-state index in [1.165, 1.54) is 0 Å². The van der Waals surface area contributed by atoms with Crippen molar-refractivity contribution in [2.75, 3.05) is 21.7 Å². The minimum Gasteiger partial charge on any atom is -0.350 e. The number of rotatable bonds is 6. The third kappa shape index (κ3) is 4.81. The predicted octanol–water partition coefficient (Wildman–Crippen LogP) is 6.06. The van der Waals surface area contributed by atoms with Gasteiger partial charge in [0.2, 0.25) is 0 Å². The molecule has 0 unspecified atom stereocenters. The molecule has 4 rings (SSSR count). The highest BCUT2D eigenvalue weighted by Gasteiger charge is 2.39. The molecular weight excluding hydrogens is 485 g/mol. The van der Waals surface area contributed by atoms with Crippen molar-refractivity contribution in [1.29, 1.82) is 0 Å². The third-order valence-corrected chi connectivity index (χ3v) is 6.30. The highest BCUT2D eigenvalue weighted by Crippen LogP contribution is 2.33. The molecule has 0 aliphatic carbocycles. The fraction of sp³-hybridized carbons (Fsp3) is 0.148. The van der Waals surface area contributed by atoms with Crippen LogP contribution in [0.15, 0.2) is 77.5 Å². The Morgan fingerprint density at radius 1 is 0.943 bits per heavy atom. The lowest BCUT2D eigenvalue weighted by Crippen LogP contribution is -2.32. The van der Waals surface area contributed by atoms with E-state index in [1.54, 1.807) is 54.3 Å². The quantitative estimate of drug-likeness (QED) is 0.411. The molecule has 178 valence electrons. The first-order valence-electron chi connectivity index (χ1n) is 11.0. The topological polar surface area (TPSA) is 69.7 Å². The van der Waals surface area contributed by atoms with Crippen LogP contribution < -0.4 is 15.1 Å². The van der Waals surface area contributed by atoms with Crippen molar-refractivity contribution < 1.29 is 14.4 Å². The smallest absolute Gasteiger partial charge is 0.283 e. The number of aryl methyl sites for hydroxylation is 2. The number of halogens is 2. The summed E-state index contributed by atoms with van der Waals surface area (Å²) >= 11 is 12.3. The molecule has 0 bridgehead atoms. The van der Waals surface area contributed by atoms with Gasteiger partial charge in [0.25, 0.3) is 17.7 Å². The minimum absolute atomic E-state index is 0.0370. The third-order valence-electron chi connectivity index (χ3n) is 5.72. The van der Waals surface area contributed by atoms with E-state index >= 15 is 0 Å². The van der Waals surface area contributed by atoms with Crippen molar-refractivity contribution >= 4 is 58.0 Å². The Kier molecular flexibility index (Phi) is 6.96. The first-order valence-corrected chi connectivity index (χ1v) is 11.8. The molecular formula is C27H23Cl2N3O3. The van der Waals surface area contributed by atoms with Crippen LogP contribution in [0.5, 0.6) is 0 Å². The number of amides is 3. The lowest BCUT2D eigenvalue weighted by molar-refractivity contribution is -0.120. The number of benzene rings is 3. The van der Waals surface area contributed by atoms with Crippen molar-refractivity contribution in [2.24, 2.45) is 0 Å². The number of carbonyl (C=O) groups excluding carboxylic acids is 3. The molecule has 1 heterocycles. The maximum absolute atomic E-state index is 13.1. The van der Waals surface area contributed by atoms with E-state index in [0.717, 1.165) is 16.2 Å². The normalized spacial score (nSPS) is 13.5. The fourth-order valence-electron chi connectivity index (χ4n) is 3.89. The van der Waals surface area contributed by atoms with E-state index in [4.69, 9.17) is 23.2 Å². The second-order valence-electron chi connectivity index (χ2n) is 8.16. The molecule has 35 heavy (non-hydrogen) atoms.